The molecule has 1 aromatic rings. The van der Waals surface area contributed by atoms with Crippen LogP contribution in [0.3, 0.4) is 0 Å². The Kier molecular flexibility index (Phi) is 7.44. The SMILES string of the molecule is Cn1c(=N)ccn([C@@H]2O[C@H](COP(=O)(O)OP(=O)(O)OP(=O)(O)O)C(O)C2O)c1=O. The molecule has 0 radical (unpaired) electrons. The fourth-order valence-corrected chi connectivity index (χ4v) is 5.39. The van der Waals surface area contributed by atoms with Crippen molar-refractivity contribution in [2.24, 2.45) is 7.05 Å². The van der Waals surface area contributed by atoms with Gasteiger partial charge in [-0.05, 0) is 6.07 Å². The number of nitrogens with zero attached hydrogens (tertiary/aromatic N) is 2. The summed E-state index contributed by atoms with van der Waals surface area (Å²) in [6.07, 6.45) is -5.38. The van der Waals surface area contributed by atoms with Gasteiger partial charge >= 0.3 is 29.2 Å². The summed E-state index contributed by atoms with van der Waals surface area (Å²) in [6.45, 7) is -1.02. The Morgan fingerprint density at radius 3 is 2.27 bits per heavy atom. The lowest BCUT2D eigenvalue weighted by Crippen LogP contribution is -2.41. The summed E-state index contributed by atoms with van der Waals surface area (Å²) in [4.78, 5) is 47.6. The van der Waals surface area contributed by atoms with E-state index in [1.807, 2.05) is 0 Å². The summed E-state index contributed by atoms with van der Waals surface area (Å²) < 4.78 is 52.0. The quantitative estimate of drug-likeness (QED) is 0.185. The second-order valence-corrected chi connectivity index (χ2v) is 10.3. The van der Waals surface area contributed by atoms with Gasteiger partial charge in [-0.1, -0.05) is 0 Å². The van der Waals surface area contributed by atoms with Crippen molar-refractivity contribution < 1.29 is 61.4 Å². The van der Waals surface area contributed by atoms with Gasteiger partial charge in [0.2, 0.25) is 0 Å². The van der Waals surface area contributed by atoms with E-state index in [0.717, 1.165) is 15.3 Å². The van der Waals surface area contributed by atoms with E-state index in [1.54, 1.807) is 0 Å². The number of hydrogen-bond donors (Lipinski definition) is 7. The number of aliphatic hydroxyl groups excluding tert-OH is 2. The molecule has 1 saturated heterocycles. The summed E-state index contributed by atoms with van der Waals surface area (Å²) in [5, 5.41) is 27.7. The second-order valence-electron chi connectivity index (χ2n) is 5.88. The van der Waals surface area contributed by atoms with E-state index < -0.39 is 60.3 Å². The first-order chi connectivity index (χ1) is 13.5. The lowest BCUT2D eigenvalue weighted by Gasteiger charge is -2.19. The van der Waals surface area contributed by atoms with Crippen LogP contribution in [-0.4, -0.2) is 63.8 Å². The molecule has 1 aromatic heterocycles. The van der Waals surface area contributed by atoms with Crippen LogP contribution in [-0.2, 0) is 38.6 Å². The number of rotatable bonds is 8. The Morgan fingerprint density at radius 2 is 1.70 bits per heavy atom. The molecular weight excluding hydrogens is 479 g/mol. The van der Waals surface area contributed by atoms with Crippen molar-refractivity contribution in [2.45, 2.75) is 24.5 Å². The molecule has 0 saturated carbocycles. The van der Waals surface area contributed by atoms with Gasteiger partial charge in [0.25, 0.3) is 0 Å². The second kappa shape index (κ2) is 8.84. The van der Waals surface area contributed by atoms with E-state index in [9.17, 15) is 33.6 Å². The maximum absolute atomic E-state index is 12.2. The number of phosphoric acid groups is 3. The smallest absolute Gasteiger partial charge is 0.387 e. The molecule has 6 atom stereocenters. The Balaban J connectivity index is 2.09. The zero-order valence-corrected chi connectivity index (χ0v) is 17.5. The molecule has 1 aliphatic heterocycles. The van der Waals surface area contributed by atoms with Crippen molar-refractivity contribution in [3.8, 4) is 0 Å². The molecule has 172 valence electrons. The minimum Gasteiger partial charge on any atom is -0.387 e. The van der Waals surface area contributed by atoms with Crippen LogP contribution in [0.4, 0.5) is 0 Å². The molecule has 0 bridgehead atoms. The van der Waals surface area contributed by atoms with Crippen molar-refractivity contribution in [2.75, 3.05) is 6.61 Å². The molecule has 20 heteroatoms. The first-order valence-corrected chi connectivity index (χ1v) is 12.2. The summed E-state index contributed by atoms with van der Waals surface area (Å²) in [6, 6.07) is 1.20. The zero-order valence-electron chi connectivity index (χ0n) is 14.9. The first kappa shape index (κ1) is 25.2. The Bertz CT molecular complexity index is 1050. The van der Waals surface area contributed by atoms with Crippen LogP contribution >= 0.6 is 23.5 Å². The number of phosphoric ester groups is 1. The van der Waals surface area contributed by atoms with E-state index in [4.69, 9.17) is 24.8 Å². The average molecular weight is 497 g/mol. The number of hydrogen-bond acceptors (Lipinski definition) is 11. The number of nitrogens with one attached hydrogen (secondary N) is 1. The Labute approximate surface area is 166 Å². The molecule has 7 N–H and O–H groups in total. The molecule has 0 aliphatic carbocycles. The maximum Gasteiger partial charge on any atom is 0.490 e. The number of aliphatic hydroxyl groups is 2. The first-order valence-electron chi connectivity index (χ1n) is 7.66. The standard InChI is InChI=1S/C10H18N3O14P3/c1-12-6(11)2-3-13(10(12)16)9-8(15)7(14)5(25-9)4-24-29(20,21)27-30(22,23)26-28(17,18)19/h2-3,5,7-9,11,14-15H,4H2,1H3,(H,20,21)(H,22,23)(H2,17,18,19)/t5-,7?,8?,9-/m1/s1. The van der Waals surface area contributed by atoms with Gasteiger partial charge in [-0.25, -0.2) is 18.5 Å². The molecular formula is C10H18N3O14P3. The van der Waals surface area contributed by atoms with Crippen molar-refractivity contribution >= 4 is 23.5 Å². The minimum atomic E-state index is -5.72. The molecule has 2 rings (SSSR count). The minimum absolute atomic E-state index is 0.159. The fourth-order valence-electron chi connectivity index (χ4n) is 2.36. The summed E-state index contributed by atoms with van der Waals surface area (Å²) in [5.41, 5.74) is -0.944. The lowest BCUT2D eigenvalue weighted by atomic mass is 10.1. The van der Waals surface area contributed by atoms with Crippen LogP contribution in [0.2, 0.25) is 0 Å². The van der Waals surface area contributed by atoms with Gasteiger partial charge in [0.15, 0.2) is 6.23 Å². The third kappa shape index (κ3) is 6.24. The zero-order chi connectivity index (χ0) is 23.1. The van der Waals surface area contributed by atoms with Crippen molar-refractivity contribution in [3.05, 3.63) is 28.2 Å². The predicted molar refractivity (Wildman–Crippen MR) is 91.3 cm³/mol. The van der Waals surface area contributed by atoms with Gasteiger partial charge in [0.1, 0.15) is 23.8 Å². The average Bonchev–Trinajstić information content (AvgIpc) is 2.83. The van der Waals surface area contributed by atoms with E-state index in [2.05, 4.69) is 13.1 Å². The summed E-state index contributed by atoms with van der Waals surface area (Å²) >= 11 is 0. The van der Waals surface area contributed by atoms with E-state index >= 15 is 0 Å². The topological polar surface area (TPSA) is 260 Å². The highest BCUT2D eigenvalue weighted by Gasteiger charge is 2.46. The molecule has 0 spiro atoms. The van der Waals surface area contributed by atoms with Crippen LogP contribution in [0.1, 0.15) is 6.23 Å². The van der Waals surface area contributed by atoms with E-state index in [-0.39, 0.29) is 5.49 Å². The normalized spacial score (nSPS) is 28.8. The molecule has 4 unspecified atom stereocenters. The van der Waals surface area contributed by atoms with Crippen LogP contribution < -0.4 is 11.2 Å². The highest BCUT2D eigenvalue weighted by atomic mass is 31.3. The van der Waals surface area contributed by atoms with E-state index in [0.29, 0.717) is 0 Å². The van der Waals surface area contributed by atoms with Gasteiger partial charge in [-0.15, -0.1) is 0 Å². The third-order valence-electron chi connectivity index (χ3n) is 3.69. The number of aromatic nitrogens is 2. The molecule has 0 amide bonds. The maximum atomic E-state index is 12.2. The van der Waals surface area contributed by atoms with Gasteiger partial charge in [-0.2, -0.15) is 8.62 Å². The molecule has 30 heavy (non-hydrogen) atoms. The van der Waals surface area contributed by atoms with Gasteiger partial charge < -0.3 is 34.5 Å². The van der Waals surface area contributed by atoms with Crippen LogP contribution in [0.5, 0.6) is 0 Å². The third-order valence-corrected chi connectivity index (χ3v) is 7.49. The van der Waals surface area contributed by atoms with Gasteiger partial charge in [0, 0.05) is 13.2 Å². The highest BCUT2D eigenvalue weighted by Crippen LogP contribution is 2.66. The molecule has 1 fully saturated rings. The molecule has 2 heterocycles. The van der Waals surface area contributed by atoms with Crippen LogP contribution in [0.15, 0.2) is 17.1 Å². The van der Waals surface area contributed by atoms with Gasteiger partial charge in [-0.3, -0.25) is 19.1 Å². The van der Waals surface area contributed by atoms with Crippen LogP contribution in [0, 0.1) is 5.41 Å². The largest absolute Gasteiger partial charge is 0.490 e. The lowest BCUT2D eigenvalue weighted by molar-refractivity contribution is -0.0547. The fraction of sp³-hybridized carbons (Fsp3) is 0.600. The molecule has 17 nitrogen and oxygen atoms in total. The Morgan fingerprint density at radius 1 is 1.10 bits per heavy atom. The molecule has 0 aromatic carbocycles. The summed E-state index contributed by atoms with van der Waals surface area (Å²) in [7, 11) is -15.5. The van der Waals surface area contributed by atoms with Crippen LogP contribution in [0.25, 0.3) is 0 Å². The predicted octanol–water partition coefficient (Wildman–Crippen LogP) is -2.37. The summed E-state index contributed by atoms with van der Waals surface area (Å²) in [5.74, 6) is 0. The number of ether oxygens (including phenoxy) is 1. The molecule has 1 aliphatic rings. The van der Waals surface area contributed by atoms with Gasteiger partial charge in [0.05, 0.1) is 6.61 Å². The van der Waals surface area contributed by atoms with Crippen molar-refractivity contribution in [1.29, 1.82) is 5.41 Å². The van der Waals surface area contributed by atoms with Crippen molar-refractivity contribution in [1.82, 2.24) is 9.13 Å². The monoisotopic (exact) mass is 497 g/mol. The van der Waals surface area contributed by atoms with E-state index in [1.165, 1.54) is 13.1 Å². The Hall–Kier alpha value is -1.03. The van der Waals surface area contributed by atoms with Crippen molar-refractivity contribution in [3.63, 3.8) is 0 Å². The highest BCUT2D eigenvalue weighted by molar-refractivity contribution is 7.66.